The lowest BCUT2D eigenvalue weighted by Gasteiger charge is -2.31. The number of nitrogens with zero attached hydrogens (tertiary/aromatic N) is 2. The van der Waals surface area contributed by atoms with E-state index in [4.69, 9.17) is 11.6 Å². The third-order valence-corrected chi connectivity index (χ3v) is 6.79. The molecule has 0 bridgehead atoms. The van der Waals surface area contributed by atoms with Gasteiger partial charge >= 0.3 is 0 Å². The van der Waals surface area contributed by atoms with Crippen molar-refractivity contribution >= 4 is 21.6 Å². The first-order valence-electron chi connectivity index (χ1n) is 9.18. The molecule has 5 nitrogen and oxygen atoms in total. The lowest BCUT2D eigenvalue weighted by molar-refractivity contribution is 0.199. The molecule has 1 aliphatic heterocycles. The van der Waals surface area contributed by atoms with Gasteiger partial charge in [0.15, 0.2) is 0 Å². The second-order valence-corrected chi connectivity index (χ2v) is 9.11. The molecule has 3 rings (SSSR count). The van der Waals surface area contributed by atoms with Gasteiger partial charge in [0.25, 0.3) is 0 Å². The van der Waals surface area contributed by atoms with E-state index in [9.17, 15) is 12.8 Å². The molecule has 2 aromatic rings. The molecule has 0 saturated carbocycles. The first-order chi connectivity index (χ1) is 12.9. The van der Waals surface area contributed by atoms with Gasteiger partial charge in [-0.25, -0.2) is 17.5 Å². The van der Waals surface area contributed by atoms with Gasteiger partial charge in [0, 0.05) is 25.5 Å². The molecule has 1 saturated heterocycles. The molecule has 2 heterocycles. The number of aromatic nitrogens is 1. The van der Waals surface area contributed by atoms with Gasteiger partial charge in [0.2, 0.25) is 10.0 Å². The molecule has 0 radical (unpaired) electrons. The average Bonchev–Trinajstić information content (AvgIpc) is 2.88. The largest absolute Gasteiger partial charge is 0.353 e. The van der Waals surface area contributed by atoms with Crippen LogP contribution in [0, 0.1) is 5.82 Å². The highest BCUT2D eigenvalue weighted by Gasteiger charge is 2.26. The lowest BCUT2D eigenvalue weighted by Crippen LogP contribution is -2.39. The van der Waals surface area contributed by atoms with Crippen molar-refractivity contribution in [2.24, 2.45) is 7.05 Å². The smallest absolute Gasteiger partial charge is 0.240 e. The van der Waals surface area contributed by atoms with Gasteiger partial charge in [-0.2, -0.15) is 0 Å². The molecule has 1 aromatic heterocycles. The minimum Gasteiger partial charge on any atom is -0.353 e. The molecule has 1 N–H and O–H groups in total. The summed E-state index contributed by atoms with van der Waals surface area (Å²) in [5.41, 5.74) is 1.07. The van der Waals surface area contributed by atoms with E-state index >= 15 is 0 Å². The summed E-state index contributed by atoms with van der Waals surface area (Å²) in [6.45, 7) is 2.13. The molecule has 8 heteroatoms. The van der Waals surface area contributed by atoms with Crippen LogP contribution < -0.4 is 4.72 Å². The minimum absolute atomic E-state index is 0.0320. The number of sulfonamides is 1. The number of halogens is 2. The van der Waals surface area contributed by atoms with Crippen LogP contribution in [0.2, 0.25) is 5.02 Å². The maximum absolute atomic E-state index is 13.4. The number of benzene rings is 1. The molecule has 0 spiro atoms. The number of hydrogen-bond acceptors (Lipinski definition) is 3. The third kappa shape index (κ3) is 4.90. The van der Waals surface area contributed by atoms with Gasteiger partial charge in [0.1, 0.15) is 5.82 Å². The molecule has 148 valence electrons. The molecular weight excluding hydrogens is 389 g/mol. The molecular formula is C19H25ClFN3O2S. The van der Waals surface area contributed by atoms with Crippen LogP contribution in [0.1, 0.15) is 37.4 Å². The van der Waals surface area contributed by atoms with Crippen molar-refractivity contribution in [1.82, 2.24) is 14.2 Å². The zero-order chi connectivity index (χ0) is 19.4. The van der Waals surface area contributed by atoms with Crippen LogP contribution in [0.5, 0.6) is 0 Å². The monoisotopic (exact) mass is 413 g/mol. The van der Waals surface area contributed by atoms with Gasteiger partial charge in [-0.15, -0.1) is 0 Å². The lowest BCUT2D eigenvalue weighted by atomic mass is 10.1. The van der Waals surface area contributed by atoms with Crippen LogP contribution >= 0.6 is 11.6 Å². The van der Waals surface area contributed by atoms with Crippen molar-refractivity contribution in [3.63, 3.8) is 0 Å². The standard InChI is InChI=1S/C19H25ClFN3O2S/c1-23-10-6-7-18(23)19(24-11-4-2-3-5-12-24)14-22-27(25,26)15-8-9-17(21)16(20)13-15/h6-10,13,19,22H,2-5,11-12,14H2,1H3/t19-/m1/s1. The highest BCUT2D eigenvalue weighted by Crippen LogP contribution is 2.25. The van der Waals surface area contributed by atoms with Crippen LogP contribution in [0.3, 0.4) is 0 Å². The van der Waals surface area contributed by atoms with Crippen molar-refractivity contribution in [3.05, 3.63) is 53.1 Å². The van der Waals surface area contributed by atoms with E-state index in [1.807, 2.05) is 29.9 Å². The molecule has 27 heavy (non-hydrogen) atoms. The van der Waals surface area contributed by atoms with Gasteiger partial charge in [0.05, 0.1) is 16.0 Å². The summed E-state index contributed by atoms with van der Waals surface area (Å²) in [5.74, 6) is -0.637. The number of hydrogen-bond donors (Lipinski definition) is 1. The van der Waals surface area contributed by atoms with E-state index in [-0.39, 0.29) is 22.5 Å². The van der Waals surface area contributed by atoms with Crippen LogP contribution in [0.4, 0.5) is 4.39 Å². The molecule has 0 amide bonds. The number of aryl methyl sites for hydroxylation is 1. The first-order valence-corrected chi connectivity index (χ1v) is 11.0. The Morgan fingerprint density at radius 1 is 1.19 bits per heavy atom. The summed E-state index contributed by atoms with van der Waals surface area (Å²) in [5, 5.41) is -0.204. The first kappa shape index (κ1) is 20.3. The zero-order valence-electron chi connectivity index (χ0n) is 15.4. The molecule has 0 unspecified atom stereocenters. The fourth-order valence-corrected chi connectivity index (χ4v) is 4.87. The van der Waals surface area contributed by atoms with Crippen LogP contribution in [0.15, 0.2) is 41.4 Å². The summed E-state index contributed by atoms with van der Waals surface area (Å²) in [6.07, 6.45) is 6.60. The fraction of sp³-hybridized carbons (Fsp3) is 0.474. The molecule has 0 aliphatic carbocycles. The summed E-state index contributed by atoms with van der Waals surface area (Å²) in [4.78, 5) is 2.32. The Balaban J connectivity index is 1.81. The molecule has 1 fully saturated rings. The second-order valence-electron chi connectivity index (χ2n) is 6.94. The minimum atomic E-state index is -3.78. The van der Waals surface area contributed by atoms with Crippen LogP contribution in [0.25, 0.3) is 0 Å². The zero-order valence-corrected chi connectivity index (χ0v) is 16.9. The van der Waals surface area contributed by atoms with Crippen LogP contribution in [-0.2, 0) is 17.1 Å². The second kappa shape index (κ2) is 8.73. The summed E-state index contributed by atoms with van der Waals surface area (Å²) >= 11 is 5.75. The van der Waals surface area contributed by atoms with Crippen LogP contribution in [-0.4, -0.2) is 37.5 Å². The predicted molar refractivity (Wildman–Crippen MR) is 105 cm³/mol. The molecule has 1 aliphatic rings. The predicted octanol–water partition coefficient (Wildman–Crippen LogP) is 3.71. The summed E-state index contributed by atoms with van der Waals surface area (Å²) < 4.78 is 43.4. The Labute approximate surface area is 165 Å². The van der Waals surface area contributed by atoms with Crippen molar-refractivity contribution < 1.29 is 12.8 Å². The van der Waals surface area contributed by atoms with Gasteiger partial charge in [-0.1, -0.05) is 24.4 Å². The van der Waals surface area contributed by atoms with Crippen molar-refractivity contribution in [3.8, 4) is 0 Å². The molecule has 1 aromatic carbocycles. The number of likely N-dealkylation sites (tertiary alicyclic amines) is 1. The van der Waals surface area contributed by atoms with Crippen molar-refractivity contribution in [2.75, 3.05) is 19.6 Å². The summed E-state index contributed by atoms with van der Waals surface area (Å²) in [6, 6.07) is 7.37. The van der Waals surface area contributed by atoms with E-state index in [0.29, 0.717) is 0 Å². The highest BCUT2D eigenvalue weighted by atomic mass is 35.5. The van der Waals surface area contributed by atoms with E-state index in [0.717, 1.165) is 43.8 Å². The normalized spacial score (nSPS) is 17.6. The van der Waals surface area contributed by atoms with E-state index in [2.05, 4.69) is 9.62 Å². The maximum atomic E-state index is 13.4. The Bertz CT molecular complexity index is 877. The highest BCUT2D eigenvalue weighted by molar-refractivity contribution is 7.89. The van der Waals surface area contributed by atoms with Gasteiger partial charge < -0.3 is 4.57 Å². The SMILES string of the molecule is Cn1cccc1[C@@H](CNS(=O)(=O)c1ccc(F)c(Cl)c1)N1CCCCCC1. The number of nitrogens with one attached hydrogen (secondary N) is 1. The quantitative estimate of drug-likeness (QED) is 0.785. The number of rotatable bonds is 6. The fourth-order valence-electron chi connectivity index (χ4n) is 3.56. The molecule has 1 atom stereocenters. The van der Waals surface area contributed by atoms with E-state index in [1.165, 1.54) is 18.9 Å². The van der Waals surface area contributed by atoms with E-state index in [1.54, 1.807) is 0 Å². The third-order valence-electron chi connectivity index (χ3n) is 5.07. The van der Waals surface area contributed by atoms with Crippen molar-refractivity contribution in [2.45, 2.75) is 36.6 Å². The Kier molecular flexibility index (Phi) is 6.57. The van der Waals surface area contributed by atoms with Gasteiger partial charge in [-0.3, -0.25) is 4.90 Å². The Morgan fingerprint density at radius 2 is 1.89 bits per heavy atom. The maximum Gasteiger partial charge on any atom is 0.240 e. The van der Waals surface area contributed by atoms with E-state index < -0.39 is 15.8 Å². The van der Waals surface area contributed by atoms with Crippen molar-refractivity contribution in [1.29, 1.82) is 0 Å². The topological polar surface area (TPSA) is 54.3 Å². The average molecular weight is 414 g/mol. The van der Waals surface area contributed by atoms with Gasteiger partial charge in [-0.05, 0) is 56.3 Å². The summed E-state index contributed by atoms with van der Waals surface area (Å²) in [7, 11) is -1.82. The Hall–Kier alpha value is -1.41. The Morgan fingerprint density at radius 3 is 2.48 bits per heavy atom.